The van der Waals surface area contributed by atoms with Crippen molar-refractivity contribution in [3.63, 3.8) is 0 Å². The van der Waals surface area contributed by atoms with Crippen molar-refractivity contribution in [2.24, 2.45) is 0 Å². The Bertz CT molecular complexity index is 647. The zero-order chi connectivity index (χ0) is 17.8. The van der Waals surface area contributed by atoms with Crippen molar-refractivity contribution < 1.29 is 21.6 Å². The van der Waals surface area contributed by atoms with Gasteiger partial charge in [0.05, 0.1) is 11.3 Å². The molecule has 0 aliphatic carbocycles. The molecule has 1 N–H and O–H groups in total. The molecule has 0 saturated carbocycles. The first kappa shape index (κ1) is 22.2. The highest BCUT2D eigenvalue weighted by molar-refractivity contribution is 7.88. The second kappa shape index (κ2) is 9.21. The predicted molar refractivity (Wildman–Crippen MR) is 94.2 cm³/mol. The molecule has 144 valence electrons. The lowest BCUT2D eigenvalue weighted by Gasteiger charge is -2.33. The number of hydrogen-bond acceptors (Lipinski definition) is 3. The van der Waals surface area contributed by atoms with E-state index in [4.69, 9.17) is 0 Å². The van der Waals surface area contributed by atoms with Crippen LogP contribution in [0.15, 0.2) is 24.3 Å². The van der Waals surface area contributed by atoms with E-state index in [2.05, 4.69) is 5.32 Å². The molecule has 0 amide bonds. The van der Waals surface area contributed by atoms with Gasteiger partial charge in [0.15, 0.2) is 0 Å². The van der Waals surface area contributed by atoms with E-state index >= 15 is 0 Å². The number of alkyl halides is 3. The minimum atomic E-state index is -4.56. The molecule has 25 heavy (non-hydrogen) atoms. The average Bonchev–Trinajstić information content (AvgIpc) is 2.52. The van der Waals surface area contributed by atoms with Gasteiger partial charge in [0.2, 0.25) is 10.0 Å². The third kappa shape index (κ3) is 5.84. The number of rotatable bonds is 6. The summed E-state index contributed by atoms with van der Waals surface area (Å²) in [4.78, 5) is 0. The van der Waals surface area contributed by atoms with E-state index in [1.165, 1.54) is 22.5 Å². The number of sulfonamides is 1. The summed E-state index contributed by atoms with van der Waals surface area (Å²) in [5, 5.41) is 3.17. The second-order valence-corrected chi connectivity index (χ2v) is 7.92. The fourth-order valence-corrected chi connectivity index (χ4v) is 5.00. The van der Waals surface area contributed by atoms with Gasteiger partial charge < -0.3 is 5.32 Å². The molecule has 0 atom stereocenters. The van der Waals surface area contributed by atoms with E-state index in [-0.39, 0.29) is 24.0 Å². The second-order valence-electron chi connectivity index (χ2n) is 6.00. The summed E-state index contributed by atoms with van der Waals surface area (Å²) in [6.45, 7) is 3.65. The monoisotopic (exact) mass is 400 g/mol. The summed E-state index contributed by atoms with van der Waals surface area (Å²) in [5.74, 6) is -0.618. The SMILES string of the molecule is CCCN(C1CCNCC1)S(=O)(=O)Cc1ccccc1C(F)(F)F.Cl. The summed E-state index contributed by atoms with van der Waals surface area (Å²) < 4.78 is 66.3. The van der Waals surface area contributed by atoms with Crippen LogP contribution < -0.4 is 5.32 Å². The molecule has 0 aromatic heterocycles. The van der Waals surface area contributed by atoms with Crippen LogP contribution in [0, 0.1) is 0 Å². The van der Waals surface area contributed by atoms with Crippen molar-refractivity contribution in [2.45, 2.75) is 44.2 Å². The van der Waals surface area contributed by atoms with Crippen molar-refractivity contribution >= 4 is 22.4 Å². The molecule has 9 heteroatoms. The van der Waals surface area contributed by atoms with Crippen LogP contribution in [-0.4, -0.2) is 38.4 Å². The van der Waals surface area contributed by atoms with E-state index in [1.807, 2.05) is 6.92 Å². The van der Waals surface area contributed by atoms with E-state index < -0.39 is 27.5 Å². The molecule has 2 rings (SSSR count). The summed E-state index contributed by atoms with van der Waals surface area (Å²) in [6, 6.07) is 4.74. The third-order valence-corrected chi connectivity index (χ3v) is 6.05. The quantitative estimate of drug-likeness (QED) is 0.796. The average molecular weight is 401 g/mol. The molecule has 1 aromatic rings. The van der Waals surface area contributed by atoms with Crippen molar-refractivity contribution in [1.82, 2.24) is 9.62 Å². The van der Waals surface area contributed by atoms with Gasteiger partial charge >= 0.3 is 6.18 Å². The van der Waals surface area contributed by atoms with Crippen molar-refractivity contribution in [3.8, 4) is 0 Å². The van der Waals surface area contributed by atoms with E-state index in [0.29, 0.717) is 25.8 Å². The molecule has 0 radical (unpaired) electrons. The van der Waals surface area contributed by atoms with Crippen LogP contribution in [0.4, 0.5) is 13.2 Å². The standard InChI is InChI=1S/C16H23F3N2O2S.ClH/c1-2-11-21(14-7-9-20-10-8-14)24(22,23)12-13-5-3-4-6-15(13)16(17,18)19;/h3-6,14,20H,2,7-12H2,1H3;1H. The normalized spacial score (nSPS) is 16.7. The maximum Gasteiger partial charge on any atom is 0.416 e. The number of benzene rings is 1. The highest BCUT2D eigenvalue weighted by atomic mass is 35.5. The lowest BCUT2D eigenvalue weighted by atomic mass is 10.1. The first-order chi connectivity index (χ1) is 11.3. The summed E-state index contributed by atoms with van der Waals surface area (Å²) in [6.07, 6.45) is -2.57. The van der Waals surface area contributed by atoms with Gasteiger partial charge in [0.25, 0.3) is 0 Å². The van der Waals surface area contributed by atoms with Crippen molar-refractivity contribution in [1.29, 1.82) is 0 Å². The zero-order valence-corrected chi connectivity index (χ0v) is 15.7. The Hall–Kier alpha value is -0.830. The molecule has 0 spiro atoms. The van der Waals surface area contributed by atoms with E-state index in [9.17, 15) is 21.6 Å². The maximum absolute atomic E-state index is 13.1. The molecule has 0 unspecified atom stereocenters. The molecule has 1 fully saturated rings. The Kier molecular flexibility index (Phi) is 8.18. The highest BCUT2D eigenvalue weighted by Gasteiger charge is 2.36. The van der Waals surface area contributed by atoms with Crippen LogP contribution >= 0.6 is 12.4 Å². The smallest absolute Gasteiger partial charge is 0.317 e. The van der Waals surface area contributed by atoms with Crippen LogP contribution in [0.1, 0.15) is 37.3 Å². The summed E-state index contributed by atoms with van der Waals surface area (Å²) >= 11 is 0. The number of piperidine rings is 1. The summed E-state index contributed by atoms with van der Waals surface area (Å²) in [7, 11) is -3.81. The Balaban J connectivity index is 0.00000312. The summed E-state index contributed by atoms with van der Waals surface area (Å²) in [5.41, 5.74) is -1.07. The van der Waals surface area contributed by atoms with Gasteiger partial charge in [0, 0.05) is 12.6 Å². The van der Waals surface area contributed by atoms with Gasteiger partial charge in [-0.15, -0.1) is 12.4 Å². The number of nitrogens with zero attached hydrogens (tertiary/aromatic N) is 1. The Morgan fingerprint density at radius 1 is 1.20 bits per heavy atom. The predicted octanol–water partition coefficient (Wildman–Crippen LogP) is 3.42. The van der Waals surface area contributed by atoms with Gasteiger partial charge in [-0.3, -0.25) is 0 Å². The molecule has 4 nitrogen and oxygen atoms in total. The van der Waals surface area contributed by atoms with Gasteiger partial charge in [-0.1, -0.05) is 25.1 Å². The minimum absolute atomic E-state index is 0. The first-order valence-corrected chi connectivity index (χ1v) is 9.72. The van der Waals surface area contributed by atoms with Crippen LogP contribution in [-0.2, 0) is 22.0 Å². The number of halogens is 4. The molecule has 1 heterocycles. The molecule has 1 aliphatic rings. The molecule has 1 aliphatic heterocycles. The molecule has 1 aromatic carbocycles. The van der Waals surface area contributed by atoms with E-state index in [1.54, 1.807) is 0 Å². The van der Waals surface area contributed by atoms with Gasteiger partial charge in [-0.05, 0) is 44.0 Å². The highest BCUT2D eigenvalue weighted by Crippen LogP contribution is 2.33. The Morgan fingerprint density at radius 2 is 1.80 bits per heavy atom. The lowest BCUT2D eigenvalue weighted by Crippen LogP contribution is -2.46. The Labute approximate surface area is 153 Å². The minimum Gasteiger partial charge on any atom is -0.317 e. The van der Waals surface area contributed by atoms with Crippen LogP contribution in [0.3, 0.4) is 0 Å². The van der Waals surface area contributed by atoms with Gasteiger partial charge in [0.1, 0.15) is 0 Å². The topological polar surface area (TPSA) is 49.4 Å². The van der Waals surface area contributed by atoms with Crippen molar-refractivity contribution in [2.75, 3.05) is 19.6 Å². The molecular formula is C16H24ClF3N2O2S. The molecular weight excluding hydrogens is 377 g/mol. The van der Waals surface area contributed by atoms with Crippen LogP contribution in [0.25, 0.3) is 0 Å². The van der Waals surface area contributed by atoms with Crippen LogP contribution in [0.5, 0.6) is 0 Å². The first-order valence-electron chi connectivity index (χ1n) is 8.11. The van der Waals surface area contributed by atoms with Gasteiger partial charge in [-0.25, -0.2) is 8.42 Å². The number of nitrogens with one attached hydrogen (secondary N) is 1. The maximum atomic E-state index is 13.1. The lowest BCUT2D eigenvalue weighted by molar-refractivity contribution is -0.138. The fourth-order valence-electron chi connectivity index (χ4n) is 3.07. The van der Waals surface area contributed by atoms with Gasteiger partial charge in [-0.2, -0.15) is 17.5 Å². The van der Waals surface area contributed by atoms with E-state index in [0.717, 1.165) is 19.2 Å². The molecule has 1 saturated heterocycles. The van der Waals surface area contributed by atoms with Crippen molar-refractivity contribution in [3.05, 3.63) is 35.4 Å². The Morgan fingerprint density at radius 3 is 2.36 bits per heavy atom. The number of hydrogen-bond donors (Lipinski definition) is 1. The largest absolute Gasteiger partial charge is 0.416 e. The molecule has 0 bridgehead atoms. The fraction of sp³-hybridized carbons (Fsp3) is 0.625. The zero-order valence-electron chi connectivity index (χ0n) is 14.1. The third-order valence-electron chi connectivity index (χ3n) is 4.18. The van der Waals surface area contributed by atoms with Crippen LogP contribution in [0.2, 0.25) is 0 Å².